The van der Waals surface area contributed by atoms with E-state index in [-0.39, 0.29) is 54.2 Å². The summed E-state index contributed by atoms with van der Waals surface area (Å²) in [5, 5.41) is 10.1. The van der Waals surface area contributed by atoms with Crippen molar-refractivity contribution in [3.8, 4) is 0 Å². The van der Waals surface area contributed by atoms with Gasteiger partial charge in [-0.25, -0.2) is 9.59 Å². The molecule has 0 unspecified atom stereocenters. The number of hydrogen-bond donors (Lipinski definition) is 2. The molecular formula is C30H53NO7. The maximum Gasteiger partial charge on any atom is 0.333 e. The Morgan fingerprint density at radius 1 is 0.789 bits per heavy atom. The summed E-state index contributed by atoms with van der Waals surface area (Å²) in [6, 6.07) is -0.0521. The molecule has 8 nitrogen and oxygen atoms in total. The lowest BCUT2D eigenvalue weighted by Crippen LogP contribution is -2.42. The number of carbonyl (C=O) groups is 2. The number of ether oxygens (including phenoxy) is 4. The van der Waals surface area contributed by atoms with E-state index >= 15 is 0 Å². The van der Waals surface area contributed by atoms with Crippen LogP contribution in [0.2, 0.25) is 0 Å². The van der Waals surface area contributed by atoms with Crippen molar-refractivity contribution in [1.29, 1.82) is 0 Å². The van der Waals surface area contributed by atoms with Crippen molar-refractivity contribution in [2.24, 2.45) is 17.6 Å². The highest BCUT2D eigenvalue weighted by molar-refractivity contribution is 5.89. The van der Waals surface area contributed by atoms with Crippen LogP contribution in [0.3, 0.4) is 0 Å². The first kappa shape index (κ1) is 34.3. The first-order chi connectivity index (χ1) is 18.1. The Hall–Kier alpha value is -1.74. The zero-order valence-electron chi connectivity index (χ0n) is 24.9. The van der Waals surface area contributed by atoms with Crippen molar-refractivity contribution >= 4 is 11.9 Å². The van der Waals surface area contributed by atoms with Gasteiger partial charge in [0.25, 0.3) is 0 Å². The lowest BCUT2D eigenvalue weighted by molar-refractivity contribution is -0.140. The van der Waals surface area contributed by atoms with E-state index in [2.05, 4.69) is 34.6 Å². The molecule has 0 aliphatic heterocycles. The van der Waals surface area contributed by atoms with Crippen molar-refractivity contribution in [3.05, 3.63) is 23.3 Å². The van der Waals surface area contributed by atoms with Gasteiger partial charge < -0.3 is 29.8 Å². The molecule has 0 radical (unpaired) electrons. The van der Waals surface area contributed by atoms with Crippen LogP contribution in [0.1, 0.15) is 93.9 Å². The zero-order chi connectivity index (χ0) is 28.8. The van der Waals surface area contributed by atoms with Crippen LogP contribution in [0, 0.1) is 11.8 Å². The smallest absolute Gasteiger partial charge is 0.333 e. The number of hydrogen-bond acceptors (Lipinski definition) is 8. The van der Waals surface area contributed by atoms with Crippen molar-refractivity contribution < 1.29 is 33.6 Å². The van der Waals surface area contributed by atoms with Gasteiger partial charge in [-0.15, -0.1) is 0 Å². The molecule has 0 fully saturated rings. The second kappa shape index (κ2) is 17.8. The van der Waals surface area contributed by atoms with Crippen LogP contribution in [-0.4, -0.2) is 66.8 Å². The molecule has 3 N–H and O–H groups in total. The van der Waals surface area contributed by atoms with Gasteiger partial charge in [0, 0.05) is 35.4 Å². The summed E-state index contributed by atoms with van der Waals surface area (Å²) in [5.41, 5.74) is 7.31. The van der Waals surface area contributed by atoms with E-state index in [0.29, 0.717) is 37.2 Å². The second-order valence-electron chi connectivity index (χ2n) is 10.3. The topological polar surface area (TPSA) is 117 Å². The molecule has 0 bridgehead atoms. The van der Waals surface area contributed by atoms with Crippen molar-refractivity contribution in [1.82, 2.24) is 0 Å². The predicted molar refractivity (Wildman–Crippen MR) is 149 cm³/mol. The third kappa shape index (κ3) is 10.4. The summed E-state index contributed by atoms with van der Waals surface area (Å²) in [6.07, 6.45) is 7.98. The van der Waals surface area contributed by atoms with Crippen molar-refractivity contribution in [2.75, 3.05) is 13.2 Å². The van der Waals surface area contributed by atoms with Crippen LogP contribution < -0.4 is 5.73 Å². The molecule has 0 heterocycles. The average Bonchev–Trinajstić information content (AvgIpc) is 2.90. The van der Waals surface area contributed by atoms with Crippen molar-refractivity contribution in [3.63, 3.8) is 0 Å². The Kier molecular flexibility index (Phi) is 16.0. The van der Waals surface area contributed by atoms with Crippen LogP contribution >= 0.6 is 0 Å². The van der Waals surface area contributed by atoms with Gasteiger partial charge in [0.1, 0.15) is 0 Å². The number of esters is 2. The Bertz CT molecular complexity index is 709. The lowest BCUT2D eigenvalue weighted by atomic mass is 9.84. The molecule has 2 aliphatic carbocycles. The number of carbonyl (C=O) groups excluding carboxylic acids is 2. The highest BCUT2D eigenvalue weighted by Crippen LogP contribution is 2.29. The van der Waals surface area contributed by atoms with E-state index in [9.17, 15) is 14.7 Å². The SMILES string of the molecule is CCOC(=O)C1=C[C@@H](OC(CC)CC)[C@H](C)[C@@H](N)C1.CCOC(=O)C1=C[C@@H](OC(CC)CC)[C@H](C)[C@H](O)C1. The second-order valence-corrected chi connectivity index (χ2v) is 10.3. The summed E-state index contributed by atoms with van der Waals surface area (Å²) in [7, 11) is 0. The van der Waals surface area contributed by atoms with E-state index in [1.807, 2.05) is 26.0 Å². The molecule has 0 amide bonds. The minimum absolute atomic E-state index is 0.00113. The third-order valence-corrected chi connectivity index (χ3v) is 7.53. The Balaban J connectivity index is 0.000000380. The molecule has 220 valence electrons. The van der Waals surface area contributed by atoms with Gasteiger partial charge in [-0.3, -0.25) is 0 Å². The minimum atomic E-state index is -0.552. The van der Waals surface area contributed by atoms with Crippen LogP contribution in [0.15, 0.2) is 23.3 Å². The average molecular weight is 540 g/mol. The van der Waals surface area contributed by atoms with Gasteiger partial charge >= 0.3 is 11.9 Å². The molecule has 6 atom stereocenters. The molecule has 0 saturated heterocycles. The Morgan fingerprint density at radius 2 is 1.18 bits per heavy atom. The van der Waals surface area contributed by atoms with E-state index in [4.69, 9.17) is 24.7 Å². The summed E-state index contributed by atoms with van der Waals surface area (Å²) in [5.74, 6) is -0.382. The number of aliphatic hydroxyl groups excluding tert-OH is 1. The minimum Gasteiger partial charge on any atom is -0.463 e. The predicted octanol–water partition coefficient (Wildman–Crippen LogP) is 4.87. The zero-order valence-corrected chi connectivity index (χ0v) is 24.9. The molecule has 0 aromatic rings. The molecule has 0 aromatic carbocycles. The van der Waals surface area contributed by atoms with Gasteiger partial charge in [-0.05, 0) is 58.1 Å². The third-order valence-electron chi connectivity index (χ3n) is 7.53. The van der Waals surface area contributed by atoms with Crippen LogP contribution in [0.5, 0.6) is 0 Å². The van der Waals surface area contributed by atoms with Crippen LogP contribution in [0.25, 0.3) is 0 Å². The first-order valence-electron chi connectivity index (χ1n) is 14.6. The lowest BCUT2D eigenvalue weighted by Gasteiger charge is -2.34. The van der Waals surface area contributed by atoms with E-state index < -0.39 is 6.10 Å². The fourth-order valence-electron chi connectivity index (χ4n) is 4.63. The quantitative estimate of drug-likeness (QED) is 0.338. The summed E-state index contributed by atoms with van der Waals surface area (Å²) < 4.78 is 22.1. The number of aliphatic hydroxyl groups is 1. The normalized spacial score (nSPS) is 27.3. The fraction of sp³-hybridized carbons (Fsp3) is 0.800. The molecule has 2 aliphatic rings. The number of nitrogens with two attached hydrogens (primary N) is 1. The number of rotatable bonds is 12. The molecule has 0 saturated carbocycles. The summed E-state index contributed by atoms with van der Waals surface area (Å²) in [4.78, 5) is 23.6. The van der Waals surface area contributed by atoms with E-state index in [0.717, 1.165) is 25.7 Å². The first-order valence-corrected chi connectivity index (χ1v) is 14.6. The maximum absolute atomic E-state index is 11.8. The van der Waals surface area contributed by atoms with E-state index in [1.54, 1.807) is 6.92 Å². The van der Waals surface area contributed by atoms with Crippen molar-refractivity contribution in [2.45, 2.75) is 130 Å². The molecule has 0 aromatic heterocycles. The molecule has 0 spiro atoms. The molecule has 8 heteroatoms. The van der Waals surface area contributed by atoms with Gasteiger partial charge in [0.15, 0.2) is 0 Å². The van der Waals surface area contributed by atoms with Gasteiger partial charge in [0.05, 0.1) is 43.7 Å². The fourth-order valence-corrected chi connectivity index (χ4v) is 4.63. The van der Waals surface area contributed by atoms with Crippen LogP contribution in [0.4, 0.5) is 0 Å². The van der Waals surface area contributed by atoms with Gasteiger partial charge in [-0.1, -0.05) is 41.5 Å². The molecule has 2 rings (SSSR count). The largest absolute Gasteiger partial charge is 0.463 e. The summed E-state index contributed by atoms with van der Waals surface area (Å²) >= 11 is 0. The summed E-state index contributed by atoms with van der Waals surface area (Å²) in [6.45, 7) is 16.7. The molecule has 38 heavy (non-hydrogen) atoms. The molecular weight excluding hydrogens is 486 g/mol. The van der Waals surface area contributed by atoms with Gasteiger partial charge in [-0.2, -0.15) is 0 Å². The maximum atomic E-state index is 11.8. The monoisotopic (exact) mass is 539 g/mol. The highest BCUT2D eigenvalue weighted by Gasteiger charge is 2.34. The Morgan fingerprint density at radius 3 is 1.58 bits per heavy atom. The van der Waals surface area contributed by atoms with E-state index in [1.165, 1.54) is 0 Å². The highest BCUT2D eigenvalue weighted by atomic mass is 16.5. The Labute approximate surface area is 230 Å². The van der Waals surface area contributed by atoms with Gasteiger partial charge in [0.2, 0.25) is 0 Å². The standard InChI is InChI=1S/C15H27NO3.C15H26O4/c2*1-5-12(6-2)19-14-9-11(15(17)18-7-3)8-13(16)10(14)4/h9-10,12-14H,5-8,16H2,1-4H3;9-10,12-14,16H,5-8H2,1-4H3/t10-,13+,14-;10-,13-,14-/m11/s1. The van der Waals surface area contributed by atoms with Crippen LogP contribution in [-0.2, 0) is 28.5 Å².